The lowest BCUT2D eigenvalue weighted by Gasteiger charge is -2.09. The second-order valence-corrected chi connectivity index (χ2v) is 6.68. The average molecular weight is 432 g/mol. The van der Waals surface area contributed by atoms with Crippen molar-refractivity contribution in [1.29, 1.82) is 0 Å². The molecule has 0 saturated heterocycles. The zero-order chi connectivity index (χ0) is 22.7. The molecule has 0 saturated carbocycles. The lowest BCUT2D eigenvalue weighted by molar-refractivity contribution is 0.0697. The Kier molecular flexibility index (Phi) is 5.49. The minimum Gasteiger partial charge on any atom is -0.492 e. The van der Waals surface area contributed by atoms with E-state index in [0.717, 1.165) is 11.8 Å². The van der Waals surface area contributed by atoms with Crippen molar-refractivity contribution < 1.29 is 24.2 Å². The van der Waals surface area contributed by atoms with Crippen LogP contribution in [0.15, 0.2) is 76.2 Å². The molecule has 1 amide bonds. The molecule has 0 atom stereocenters. The number of nitrogens with one attached hydrogen (secondary N) is 1. The van der Waals surface area contributed by atoms with Gasteiger partial charge in [0, 0.05) is 12.1 Å². The normalized spacial score (nSPS) is 10.6. The van der Waals surface area contributed by atoms with Crippen LogP contribution in [0.1, 0.15) is 15.9 Å². The maximum absolute atomic E-state index is 12.8. The Morgan fingerprint density at radius 1 is 1.06 bits per heavy atom. The molecular weight excluding hydrogens is 416 g/mol. The van der Waals surface area contributed by atoms with Crippen molar-refractivity contribution >= 4 is 12.0 Å². The Morgan fingerprint density at radius 2 is 1.78 bits per heavy atom. The molecule has 0 fully saturated rings. The first kappa shape index (κ1) is 20.5. The second kappa shape index (κ2) is 8.56. The first-order valence-electron chi connectivity index (χ1n) is 9.37. The highest BCUT2D eigenvalue weighted by atomic mass is 16.4. The van der Waals surface area contributed by atoms with Crippen LogP contribution >= 0.6 is 0 Å². The summed E-state index contributed by atoms with van der Waals surface area (Å²) in [6.07, 6.45) is 2.30. The van der Waals surface area contributed by atoms with E-state index in [9.17, 15) is 19.5 Å². The fraction of sp³-hybridized carbons (Fsp3) is 0.0455. The highest BCUT2D eigenvalue weighted by Gasteiger charge is 2.19. The number of hydrogen-bond acceptors (Lipinski definition) is 7. The number of amides is 1. The third kappa shape index (κ3) is 4.24. The zero-order valence-electron chi connectivity index (χ0n) is 16.4. The standard InChI is InChI=1S/C22H16N4O6/c27-17-12-26(22(31)24-10-13-6-8-15(9-7-13)21(29)30)20(28)18(25-17)19-23-11-16(32-19)14-4-2-1-3-5-14/h1-9,11-12,27H,10H2,(H,24,31)(H,29,30). The van der Waals surface area contributed by atoms with Crippen LogP contribution in [0.3, 0.4) is 0 Å². The van der Waals surface area contributed by atoms with Gasteiger partial charge in [-0.3, -0.25) is 4.79 Å². The predicted molar refractivity (Wildman–Crippen MR) is 112 cm³/mol. The largest absolute Gasteiger partial charge is 0.492 e. The van der Waals surface area contributed by atoms with Crippen molar-refractivity contribution in [2.75, 3.05) is 0 Å². The molecule has 0 aliphatic rings. The smallest absolute Gasteiger partial charge is 0.335 e. The van der Waals surface area contributed by atoms with Gasteiger partial charge in [0.1, 0.15) is 0 Å². The van der Waals surface area contributed by atoms with Gasteiger partial charge in [-0.05, 0) is 17.7 Å². The molecule has 2 heterocycles. The molecule has 10 nitrogen and oxygen atoms in total. The summed E-state index contributed by atoms with van der Waals surface area (Å²) in [7, 11) is 0. The molecule has 32 heavy (non-hydrogen) atoms. The molecule has 4 rings (SSSR count). The summed E-state index contributed by atoms with van der Waals surface area (Å²) in [6.45, 7) is 0.0285. The summed E-state index contributed by atoms with van der Waals surface area (Å²) in [5.74, 6) is -1.38. The van der Waals surface area contributed by atoms with Gasteiger partial charge in [-0.15, -0.1) is 0 Å². The third-order valence-electron chi connectivity index (χ3n) is 4.52. The summed E-state index contributed by atoms with van der Waals surface area (Å²) in [5.41, 5.74) is 0.311. The fourth-order valence-electron chi connectivity index (χ4n) is 2.92. The number of aromatic nitrogens is 3. The molecule has 3 N–H and O–H groups in total. The van der Waals surface area contributed by atoms with Crippen LogP contribution in [0.2, 0.25) is 0 Å². The lowest BCUT2D eigenvalue weighted by Crippen LogP contribution is -2.36. The Bertz CT molecular complexity index is 1340. The Labute approximate surface area is 180 Å². The molecule has 0 aliphatic carbocycles. The van der Waals surface area contributed by atoms with E-state index in [1.165, 1.54) is 18.3 Å². The zero-order valence-corrected chi connectivity index (χ0v) is 16.4. The highest BCUT2D eigenvalue weighted by molar-refractivity contribution is 5.87. The van der Waals surface area contributed by atoms with E-state index >= 15 is 0 Å². The summed E-state index contributed by atoms with van der Waals surface area (Å²) < 4.78 is 6.27. The number of aromatic carboxylic acids is 1. The van der Waals surface area contributed by atoms with Gasteiger partial charge in [0.25, 0.3) is 11.4 Å². The minimum absolute atomic E-state index is 0.0285. The lowest BCUT2D eigenvalue weighted by atomic mass is 10.1. The van der Waals surface area contributed by atoms with Crippen LogP contribution in [0.4, 0.5) is 4.79 Å². The van der Waals surface area contributed by atoms with Gasteiger partial charge >= 0.3 is 12.0 Å². The Balaban J connectivity index is 1.57. The quantitative estimate of drug-likeness (QED) is 0.436. The Hall–Kier alpha value is -4.73. The maximum Gasteiger partial charge on any atom is 0.335 e. The highest BCUT2D eigenvalue weighted by Crippen LogP contribution is 2.24. The minimum atomic E-state index is -1.06. The van der Waals surface area contributed by atoms with E-state index in [1.54, 1.807) is 24.3 Å². The van der Waals surface area contributed by atoms with Gasteiger partial charge in [0.15, 0.2) is 11.5 Å². The predicted octanol–water partition coefficient (Wildman–Crippen LogP) is 2.73. The van der Waals surface area contributed by atoms with E-state index in [-0.39, 0.29) is 23.7 Å². The second-order valence-electron chi connectivity index (χ2n) is 6.68. The van der Waals surface area contributed by atoms with Gasteiger partial charge in [-0.25, -0.2) is 24.1 Å². The number of benzene rings is 2. The van der Waals surface area contributed by atoms with E-state index in [2.05, 4.69) is 15.3 Å². The van der Waals surface area contributed by atoms with Gasteiger partial charge in [0.05, 0.1) is 18.0 Å². The van der Waals surface area contributed by atoms with Crippen LogP contribution < -0.4 is 10.9 Å². The van der Waals surface area contributed by atoms with Crippen molar-refractivity contribution in [3.05, 3.63) is 88.5 Å². The van der Waals surface area contributed by atoms with Crippen LogP contribution in [-0.4, -0.2) is 36.7 Å². The fourth-order valence-corrected chi connectivity index (χ4v) is 2.92. The maximum atomic E-state index is 12.8. The van der Waals surface area contributed by atoms with Crippen LogP contribution in [0, 0.1) is 0 Å². The number of carboxylic acids is 1. The number of nitrogens with zero attached hydrogens (tertiary/aromatic N) is 3. The number of hydrogen-bond donors (Lipinski definition) is 3. The van der Waals surface area contributed by atoms with Crippen LogP contribution in [0.25, 0.3) is 22.9 Å². The van der Waals surface area contributed by atoms with Crippen molar-refractivity contribution in [2.45, 2.75) is 6.54 Å². The summed E-state index contributed by atoms with van der Waals surface area (Å²) >= 11 is 0. The summed E-state index contributed by atoms with van der Waals surface area (Å²) in [6, 6.07) is 14.1. The van der Waals surface area contributed by atoms with Crippen molar-refractivity contribution in [1.82, 2.24) is 19.9 Å². The van der Waals surface area contributed by atoms with E-state index < -0.39 is 23.4 Å². The number of carbonyl (C=O) groups excluding carboxylic acids is 1. The summed E-state index contributed by atoms with van der Waals surface area (Å²) in [5, 5.41) is 21.4. The van der Waals surface area contributed by atoms with Gasteiger partial charge in [0.2, 0.25) is 5.88 Å². The first-order chi connectivity index (χ1) is 15.4. The molecule has 0 spiro atoms. The average Bonchev–Trinajstić information content (AvgIpc) is 3.29. The van der Waals surface area contributed by atoms with Gasteiger partial charge < -0.3 is 19.9 Å². The number of carboxylic acid groups (broad SMARTS) is 1. The molecule has 0 bridgehead atoms. The number of rotatable bonds is 5. The van der Waals surface area contributed by atoms with Gasteiger partial charge in [-0.1, -0.05) is 42.5 Å². The number of oxazole rings is 1. The Morgan fingerprint density at radius 3 is 2.47 bits per heavy atom. The molecule has 4 aromatic rings. The SMILES string of the molecule is O=C(O)c1ccc(CNC(=O)n2cc(O)nc(-c3ncc(-c4ccccc4)o3)c2=O)cc1. The number of carbonyl (C=O) groups is 2. The van der Waals surface area contributed by atoms with Crippen LogP contribution in [0.5, 0.6) is 5.88 Å². The molecule has 160 valence electrons. The molecule has 0 unspecified atom stereocenters. The molecule has 0 radical (unpaired) electrons. The van der Waals surface area contributed by atoms with Crippen LogP contribution in [-0.2, 0) is 6.54 Å². The molecule has 2 aromatic carbocycles. The molecule has 0 aliphatic heterocycles. The van der Waals surface area contributed by atoms with Gasteiger partial charge in [-0.2, -0.15) is 0 Å². The summed E-state index contributed by atoms with van der Waals surface area (Å²) in [4.78, 5) is 44.1. The molecule has 10 heteroatoms. The molecule has 2 aromatic heterocycles. The van der Waals surface area contributed by atoms with E-state index in [4.69, 9.17) is 9.52 Å². The first-order valence-corrected chi connectivity index (χ1v) is 9.37. The van der Waals surface area contributed by atoms with Crippen molar-refractivity contribution in [3.8, 4) is 28.8 Å². The van der Waals surface area contributed by atoms with E-state index in [1.807, 2.05) is 18.2 Å². The van der Waals surface area contributed by atoms with Crippen molar-refractivity contribution in [2.24, 2.45) is 0 Å². The molecular formula is C22H16N4O6. The number of aromatic hydroxyl groups is 1. The third-order valence-corrected chi connectivity index (χ3v) is 4.52. The monoisotopic (exact) mass is 432 g/mol. The topological polar surface area (TPSA) is 148 Å². The van der Waals surface area contributed by atoms with E-state index in [0.29, 0.717) is 15.9 Å². The van der Waals surface area contributed by atoms with Crippen molar-refractivity contribution in [3.63, 3.8) is 0 Å².